The number of fused-ring (bicyclic) bond motifs is 3. The molecule has 4 aliphatic rings. The maximum atomic E-state index is 13.6. The molecular formula is C24H28FN3O2. The van der Waals surface area contributed by atoms with Gasteiger partial charge >= 0.3 is 0 Å². The Morgan fingerprint density at radius 1 is 1.30 bits per heavy atom. The number of hydrogen-bond donors (Lipinski definition) is 1. The number of aliphatic imine (C=N–C) groups is 1. The maximum absolute atomic E-state index is 13.6. The molecule has 6 heteroatoms. The minimum Gasteiger partial charge on any atom is -0.369 e. The van der Waals surface area contributed by atoms with Crippen LogP contribution in [-0.4, -0.2) is 36.3 Å². The average molecular weight is 410 g/mol. The van der Waals surface area contributed by atoms with Crippen molar-refractivity contribution >= 4 is 11.9 Å². The van der Waals surface area contributed by atoms with Crippen LogP contribution in [0.25, 0.3) is 0 Å². The highest BCUT2D eigenvalue weighted by Crippen LogP contribution is 2.61. The molecule has 1 aliphatic heterocycles. The molecule has 0 aromatic heterocycles. The molecule has 1 unspecified atom stereocenters. The van der Waals surface area contributed by atoms with Crippen molar-refractivity contribution < 1.29 is 13.9 Å². The smallest absolute Gasteiger partial charge is 0.262 e. The fourth-order valence-electron chi connectivity index (χ4n) is 5.58. The van der Waals surface area contributed by atoms with Crippen molar-refractivity contribution in [3.63, 3.8) is 0 Å². The number of halogens is 1. The van der Waals surface area contributed by atoms with Gasteiger partial charge in [0, 0.05) is 23.9 Å². The Bertz CT molecular complexity index is 980. The lowest BCUT2D eigenvalue weighted by molar-refractivity contribution is -0.140. The zero-order valence-electron chi connectivity index (χ0n) is 17.6. The van der Waals surface area contributed by atoms with Crippen molar-refractivity contribution in [3.05, 3.63) is 34.9 Å². The van der Waals surface area contributed by atoms with Gasteiger partial charge in [-0.25, -0.2) is 9.38 Å². The zero-order chi connectivity index (χ0) is 21.1. The van der Waals surface area contributed by atoms with Crippen LogP contribution >= 0.6 is 0 Å². The number of amides is 1. The Morgan fingerprint density at radius 3 is 2.63 bits per heavy atom. The molecule has 0 saturated heterocycles. The van der Waals surface area contributed by atoms with Gasteiger partial charge in [-0.15, -0.1) is 0 Å². The minimum absolute atomic E-state index is 0.0655. The van der Waals surface area contributed by atoms with Crippen LogP contribution in [0.2, 0.25) is 0 Å². The average Bonchev–Trinajstić information content (AvgIpc) is 3.47. The second kappa shape index (κ2) is 6.81. The number of rotatable bonds is 2. The van der Waals surface area contributed by atoms with E-state index >= 15 is 0 Å². The number of carbonyl (C=O) groups is 1. The zero-order valence-corrected chi connectivity index (χ0v) is 17.6. The van der Waals surface area contributed by atoms with Crippen LogP contribution < -0.4 is 5.73 Å². The summed E-state index contributed by atoms with van der Waals surface area (Å²) in [5.74, 6) is 7.30. The topological polar surface area (TPSA) is 67.9 Å². The molecule has 2 spiro atoms. The molecule has 2 fully saturated rings. The highest BCUT2D eigenvalue weighted by atomic mass is 19.1. The van der Waals surface area contributed by atoms with Gasteiger partial charge in [0.05, 0.1) is 6.10 Å². The highest BCUT2D eigenvalue weighted by Gasteiger charge is 2.66. The van der Waals surface area contributed by atoms with Crippen molar-refractivity contribution in [1.29, 1.82) is 0 Å². The van der Waals surface area contributed by atoms with E-state index in [-0.39, 0.29) is 23.4 Å². The fourth-order valence-corrected chi connectivity index (χ4v) is 5.58. The molecule has 1 aromatic rings. The normalized spacial score (nSPS) is 33.4. The number of alkyl halides is 1. The molecule has 1 aromatic carbocycles. The van der Waals surface area contributed by atoms with Gasteiger partial charge in [0.1, 0.15) is 0 Å². The van der Waals surface area contributed by atoms with E-state index < -0.39 is 11.9 Å². The molecule has 2 N–H and O–H groups in total. The monoisotopic (exact) mass is 409 g/mol. The predicted octanol–water partition coefficient (Wildman–Crippen LogP) is 3.25. The van der Waals surface area contributed by atoms with Crippen LogP contribution in [0.1, 0.15) is 62.1 Å². The summed E-state index contributed by atoms with van der Waals surface area (Å²) in [5.41, 5.74) is 7.81. The van der Waals surface area contributed by atoms with E-state index in [1.807, 2.05) is 0 Å². The molecule has 30 heavy (non-hydrogen) atoms. The number of hydrogen-bond acceptors (Lipinski definition) is 4. The van der Waals surface area contributed by atoms with E-state index in [0.29, 0.717) is 18.8 Å². The van der Waals surface area contributed by atoms with Crippen molar-refractivity contribution in [1.82, 2.24) is 4.90 Å². The SMILES string of the molecule is CC(F)OC1CCC2(CC1)Cc1ccc(C#CC3CC3)cc1[C@@]21N=C(N)N(C)C1=O. The number of likely N-dealkylation sites (N-methyl/N-ethyl adjacent to an activating group) is 1. The number of nitrogens with zero attached hydrogens (tertiary/aromatic N) is 2. The number of nitrogens with two attached hydrogens (primary N) is 1. The van der Waals surface area contributed by atoms with Gasteiger partial charge in [0.2, 0.25) is 0 Å². The third kappa shape index (κ3) is 2.86. The molecule has 2 saturated carbocycles. The summed E-state index contributed by atoms with van der Waals surface area (Å²) in [4.78, 5) is 19.9. The van der Waals surface area contributed by atoms with Gasteiger partial charge in [-0.3, -0.25) is 9.69 Å². The van der Waals surface area contributed by atoms with Gasteiger partial charge < -0.3 is 10.5 Å². The van der Waals surface area contributed by atoms with E-state index in [1.54, 1.807) is 7.05 Å². The van der Waals surface area contributed by atoms with Crippen LogP contribution in [0.3, 0.4) is 0 Å². The first-order valence-electron chi connectivity index (χ1n) is 10.9. The molecule has 1 heterocycles. The van der Waals surface area contributed by atoms with Crippen LogP contribution in [0.5, 0.6) is 0 Å². The summed E-state index contributed by atoms with van der Waals surface area (Å²) in [6, 6.07) is 6.21. The number of guanidine groups is 1. The van der Waals surface area contributed by atoms with Gasteiger partial charge in [-0.05, 0) is 75.1 Å². The van der Waals surface area contributed by atoms with Crippen molar-refractivity contribution in [3.8, 4) is 11.8 Å². The van der Waals surface area contributed by atoms with Crippen LogP contribution in [-0.2, 0) is 21.5 Å². The van der Waals surface area contributed by atoms with Gasteiger partial charge in [0.25, 0.3) is 5.91 Å². The summed E-state index contributed by atoms with van der Waals surface area (Å²) in [6.07, 6.45) is 4.65. The quantitative estimate of drug-likeness (QED) is 0.763. The first kappa shape index (κ1) is 19.6. The Balaban J connectivity index is 1.56. The molecule has 5 rings (SSSR count). The minimum atomic E-state index is -1.28. The number of ether oxygens (including phenoxy) is 1. The third-order valence-corrected chi connectivity index (χ3v) is 7.30. The maximum Gasteiger partial charge on any atom is 0.262 e. The van der Waals surface area contributed by atoms with Crippen molar-refractivity contribution in [2.24, 2.45) is 22.1 Å². The Labute approximate surface area is 176 Å². The van der Waals surface area contributed by atoms with E-state index in [1.165, 1.54) is 24.7 Å². The molecule has 1 amide bonds. The Hall–Kier alpha value is -2.39. The summed E-state index contributed by atoms with van der Waals surface area (Å²) in [5, 5.41) is 0. The van der Waals surface area contributed by atoms with Gasteiger partial charge in [0.15, 0.2) is 17.9 Å². The van der Waals surface area contributed by atoms with E-state index in [4.69, 9.17) is 15.5 Å². The molecule has 5 nitrogen and oxygen atoms in total. The van der Waals surface area contributed by atoms with E-state index in [2.05, 4.69) is 30.0 Å². The van der Waals surface area contributed by atoms with Gasteiger partial charge in [-0.1, -0.05) is 17.9 Å². The third-order valence-electron chi connectivity index (χ3n) is 7.30. The predicted molar refractivity (Wildman–Crippen MR) is 112 cm³/mol. The molecule has 2 atom stereocenters. The number of benzene rings is 1. The van der Waals surface area contributed by atoms with Crippen molar-refractivity contribution in [2.45, 2.75) is 69.9 Å². The van der Waals surface area contributed by atoms with Gasteiger partial charge in [-0.2, -0.15) is 0 Å². The molecule has 158 valence electrons. The molecule has 3 aliphatic carbocycles. The largest absolute Gasteiger partial charge is 0.369 e. The highest BCUT2D eigenvalue weighted by molar-refractivity contribution is 6.08. The standard InChI is InChI=1S/C24H28FN3O2/c1-15(25)30-19-9-11-23(12-10-19)14-18-8-7-17(6-5-16-3-4-16)13-20(18)24(23)21(29)28(2)22(26)27-24/h7-8,13,15-16,19H,3-4,9-12,14H2,1-2H3,(H2,26,27)/t15?,19?,23?,24-/m0/s1. The molecule has 0 bridgehead atoms. The van der Waals surface area contributed by atoms with Crippen molar-refractivity contribution in [2.75, 3.05) is 7.05 Å². The van der Waals surface area contributed by atoms with Crippen LogP contribution in [0.4, 0.5) is 4.39 Å². The number of carbonyl (C=O) groups excluding carboxylic acids is 1. The first-order chi connectivity index (χ1) is 14.3. The summed E-state index contributed by atoms with van der Waals surface area (Å²) in [6.45, 7) is 1.42. The fraction of sp³-hybridized carbons (Fsp3) is 0.583. The lowest BCUT2D eigenvalue weighted by Gasteiger charge is -2.45. The summed E-state index contributed by atoms with van der Waals surface area (Å²) < 4.78 is 18.8. The molecule has 0 radical (unpaired) electrons. The van der Waals surface area contributed by atoms with Crippen LogP contribution in [0, 0.1) is 23.2 Å². The van der Waals surface area contributed by atoms with Crippen LogP contribution in [0.15, 0.2) is 23.2 Å². The Morgan fingerprint density at radius 2 is 2.03 bits per heavy atom. The van der Waals surface area contributed by atoms with E-state index in [9.17, 15) is 9.18 Å². The first-order valence-corrected chi connectivity index (χ1v) is 10.9. The second-order valence-electron chi connectivity index (χ2n) is 9.30. The Kier molecular flexibility index (Phi) is 4.44. The lowest BCUT2D eigenvalue weighted by Crippen LogP contribution is -2.51. The summed E-state index contributed by atoms with van der Waals surface area (Å²) >= 11 is 0. The second-order valence-corrected chi connectivity index (χ2v) is 9.30. The molecular weight excluding hydrogens is 381 g/mol. The van der Waals surface area contributed by atoms with E-state index in [0.717, 1.165) is 36.0 Å². The summed E-state index contributed by atoms with van der Waals surface area (Å²) in [7, 11) is 1.69. The lowest BCUT2D eigenvalue weighted by atomic mass is 9.61.